The van der Waals surface area contributed by atoms with Crippen LogP contribution in [0.5, 0.6) is 17.2 Å². The highest BCUT2D eigenvalue weighted by molar-refractivity contribution is 5.52. The molecule has 0 radical (unpaired) electrons. The summed E-state index contributed by atoms with van der Waals surface area (Å²) in [5.74, 6) is 2.58. The number of nitrogens with one attached hydrogen (secondary N) is 1. The van der Waals surface area contributed by atoms with Gasteiger partial charge in [-0.15, -0.1) is 0 Å². The molecule has 0 saturated carbocycles. The van der Waals surface area contributed by atoms with Crippen LogP contribution in [0.25, 0.3) is 0 Å². The SMILES string of the molecule is CCOc1cc2c(cc1OCC)[C@H](c1ccc(OC)c(C)c1)NCC2. The lowest BCUT2D eigenvalue weighted by Crippen LogP contribution is -2.30. The maximum Gasteiger partial charge on any atom is 0.161 e. The average Bonchev–Trinajstić information content (AvgIpc) is 2.62. The van der Waals surface area contributed by atoms with Gasteiger partial charge in [0.05, 0.1) is 26.4 Å². The number of rotatable bonds is 6. The first-order valence-corrected chi connectivity index (χ1v) is 8.98. The van der Waals surface area contributed by atoms with E-state index in [9.17, 15) is 0 Å². The second-order valence-electron chi connectivity index (χ2n) is 6.23. The van der Waals surface area contributed by atoms with E-state index in [1.54, 1.807) is 7.11 Å². The molecule has 0 bridgehead atoms. The molecule has 3 rings (SSSR count). The summed E-state index contributed by atoms with van der Waals surface area (Å²) in [5.41, 5.74) is 4.97. The molecule has 2 aromatic rings. The van der Waals surface area contributed by atoms with Crippen molar-refractivity contribution in [1.29, 1.82) is 0 Å². The second kappa shape index (κ2) is 7.79. The van der Waals surface area contributed by atoms with Crippen LogP contribution in [-0.2, 0) is 6.42 Å². The summed E-state index contributed by atoms with van der Waals surface area (Å²) in [6, 6.07) is 10.8. The first-order chi connectivity index (χ1) is 12.2. The Morgan fingerprint density at radius 1 is 1.00 bits per heavy atom. The summed E-state index contributed by atoms with van der Waals surface area (Å²) >= 11 is 0. The van der Waals surface area contributed by atoms with Crippen molar-refractivity contribution in [1.82, 2.24) is 5.32 Å². The zero-order valence-corrected chi connectivity index (χ0v) is 15.5. The highest BCUT2D eigenvalue weighted by atomic mass is 16.5. The van der Waals surface area contributed by atoms with Crippen LogP contribution in [0.15, 0.2) is 30.3 Å². The third-order valence-electron chi connectivity index (χ3n) is 4.61. The molecule has 1 atom stereocenters. The Morgan fingerprint density at radius 2 is 1.72 bits per heavy atom. The number of fused-ring (bicyclic) bond motifs is 1. The third-order valence-corrected chi connectivity index (χ3v) is 4.61. The monoisotopic (exact) mass is 341 g/mol. The Morgan fingerprint density at radius 3 is 2.36 bits per heavy atom. The maximum atomic E-state index is 5.83. The molecule has 4 heteroatoms. The Labute approximate surface area is 150 Å². The second-order valence-corrected chi connectivity index (χ2v) is 6.23. The van der Waals surface area contributed by atoms with E-state index in [0.29, 0.717) is 13.2 Å². The molecule has 134 valence electrons. The van der Waals surface area contributed by atoms with E-state index < -0.39 is 0 Å². The normalized spacial score (nSPS) is 16.2. The van der Waals surface area contributed by atoms with Gasteiger partial charge in [0.25, 0.3) is 0 Å². The molecule has 0 aliphatic carbocycles. The molecule has 1 aliphatic heterocycles. The van der Waals surface area contributed by atoms with Crippen LogP contribution >= 0.6 is 0 Å². The first kappa shape index (κ1) is 17.6. The van der Waals surface area contributed by atoms with Gasteiger partial charge in [0.2, 0.25) is 0 Å². The molecule has 0 unspecified atom stereocenters. The Bertz CT molecular complexity index is 742. The zero-order valence-electron chi connectivity index (χ0n) is 15.5. The quantitative estimate of drug-likeness (QED) is 0.861. The molecular weight excluding hydrogens is 314 g/mol. The van der Waals surface area contributed by atoms with Gasteiger partial charge in [-0.1, -0.05) is 12.1 Å². The number of methoxy groups -OCH3 is 1. The fourth-order valence-corrected chi connectivity index (χ4v) is 3.48. The molecule has 1 heterocycles. The van der Waals surface area contributed by atoms with Crippen LogP contribution < -0.4 is 19.5 Å². The topological polar surface area (TPSA) is 39.7 Å². The Kier molecular flexibility index (Phi) is 5.49. The molecule has 4 nitrogen and oxygen atoms in total. The highest BCUT2D eigenvalue weighted by Gasteiger charge is 2.24. The van der Waals surface area contributed by atoms with Crippen molar-refractivity contribution >= 4 is 0 Å². The number of benzene rings is 2. The van der Waals surface area contributed by atoms with Crippen molar-refractivity contribution in [3.63, 3.8) is 0 Å². The van der Waals surface area contributed by atoms with Crippen molar-refractivity contribution in [3.05, 3.63) is 52.6 Å². The maximum absolute atomic E-state index is 5.83. The summed E-state index contributed by atoms with van der Waals surface area (Å²) in [6.07, 6.45) is 0.994. The van der Waals surface area contributed by atoms with Gasteiger partial charge >= 0.3 is 0 Å². The van der Waals surface area contributed by atoms with Crippen LogP contribution in [0.2, 0.25) is 0 Å². The summed E-state index contributed by atoms with van der Waals surface area (Å²) in [4.78, 5) is 0. The number of ether oxygens (including phenoxy) is 3. The summed E-state index contributed by atoms with van der Waals surface area (Å²) in [5, 5.41) is 3.64. The molecule has 1 N–H and O–H groups in total. The molecular formula is C21H27NO3. The lowest BCUT2D eigenvalue weighted by molar-refractivity contribution is 0.286. The third kappa shape index (κ3) is 3.59. The average molecular weight is 341 g/mol. The van der Waals surface area contributed by atoms with E-state index in [-0.39, 0.29) is 6.04 Å². The van der Waals surface area contributed by atoms with Gasteiger partial charge in [0.15, 0.2) is 11.5 Å². The molecule has 0 aromatic heterocycles. The van der Waals surface area contributed by atoms with Gasteiger partial charge in [0.1, 0.15) is 5.75 Å². The van der Waals surface area contributed by atoms with E-state index in [0.717, 1.165) is 35.8 Å². The van der Waals surface area contributed by atoms with Crippen molar-refractivity contribution in [2.45, 2.75) is 33.2 Å². The van der Waals surface area contributed by atoms with Gasteiger partial charge in [0, 0.05) is 6.54 Å². The fraction of sp³-hybridized carbons (Fsp3) is 0.429. The smallest absolute Gasteiger partial charge is 0.161 e. The first-order valence-electron chi connectivity index (χ1n) is 8.98. The molecule has 0 spiro atoms. The van der Waals surface area contributed by atoms with Gasteiger partial charge < -0.3 is 19.5 Å². The van der Waals surface area contributed by atoms with Crippen LogP contribution in [0.3, 0.4) is 0 Å². The van der Waals surface area contributed by atoms with Gasteiger partial charge in [-0.05, 0) is 67.6 Å². The molecule has 0 fully saturated rings. The zero-order chi connectivity index (χ0) is 17.8. The minimum atomic E-state index is 0.156. The van der Waals surface area contributed by atoms with Crippen molar-refractivity contribution < 1.29 is 14.2 Å². The standard InChI is InChI=1S/C21H27NO3/c1-5-24-19-12-15-9-10-22-21(17(15)13-20(19)25-6-2)16-7-8-18(23-4)14(3)11-16/h7-8,11-13,21-22H,5-6,9-10H2,1-4H3/t21-/m0/s1. The molecule has 1 aliphatic rings. The summed E-state index contributed by atoms with van der Waals surface area (Å²) < 4.78 is 17.0. The van der Waals surface area contributed by atoms with Crippen molar-refractivity contribution in [3.8, 4) is 17.2 Å². The molecule has 2 aromatic carbocycles. The predicted molar refractivity (Wildman–Crippen MR) is 100 cm³/mol. The van der Waals surface area contributed by atoms with E-state index in [4.69, 9.17) is 14.2 Å². The lowest BCUT2D eigenvalue weighted by atomic mass is 9.88. The minimum Gasteiger partial charge on any atom is -0.496 e. The molecule has 0 amide bonds. The predicted octanol–water partition coefficient (Wildman–Crippen LogP) is 4.04. The van der Waals surface area contributed by atoms with Crippen LogP contribution in [0.4, 0.5) is 0 Å². The minimum absolute atomic E-state index is 0.156. The molecule has 25 heavy (non-hydrogen) atoms. The van der Waals surface area contributed by atoms with Gasteiger partial charge in [-0.2, -0.15) is 0 Å². The van der Waals surface area contributed by atoms with E-state index in [2.05, 4.69) is 36.5 Å². The fourth-order valence-electron chi connectivity index (χ4n) is 3.48. The Hall–Kier alpha value is -2.20. The van der Waals surface area contributed by atoms with E-state index in [1.807, 2.05) is 19.9 Å². The number of hydrogen-bond acceptors (Lipinski definition) is 4. The number of aryl methyl sites for hydroxylation is 1. The van der Waals surface area contributed by atoms with Crippen LogP contribution in [0.1, 0.15) is 42.1 Å². The summed E-state index contributed by atoms with van der Waals surface area (Å²) in [6.45, 7) is 8.28. The number of hydrogen-bond donors (Lipinski definition) is 1. The van der Waals surface area contributed by atoms with E-state index >= 15 is 0 Å². The Balaban J connectivity index is 2.03. The van der Waals surface area contributed by atoms with Crippen molar-refractivity contribution in [2.24, 2.45) is 0 Å². The molecule has 0 saturated heterocycles. The highest BCUT2D eigenvalue weighted by Crippen LogP contribution is 2.38. The largest absolute Gasteiger partial charge is 0.496 e. The van der Waals surface area contributed by atoms with E-state index in [1.165, 1.54) is 16.7 Å². The van der Waals surface area contributed by atoms with Crippen LogP contribution in [-0.4, -0.2) is 26.9 Å². The van der Waals surface area contributed by atoms with Crippen LogP contribution in [0, 0.1) is 6.92 Å². The van der Waals surface area contributed by atoms with Gasteiger partial charge in [-0.25, -0.2) is 0 Å². The summed E-state index contributed by atoms with van der Waals surface area (Å²) in [7, 11) is 1.71. The van der Waals surface area contributed by atoms with Crippen molar-refractivity contribution in [2.75, 3.05) is 26.9 Å². The van der Waals surface area contributed by atoms with Gasteiger partial charge in [-0.3, -0.25) is 0 Å². The lowest BCUT2D eigenvalue weighted by Gasteiger charge is -2.29.